The van der Waals surface area contributed by atoms with Gasteiger partial charge >= 0.3 is 0 Å². The predicted molar refractivity (Wildman–Crippen MR) is 108 cm³/mol. The number of nitrogens with one attached hydrogen (secondary N) is 2. The number of aromatic amines is 1. The first kappa shape index (κ1) is 19.6. The molecule has 0 radical (unpaired) electrons. The van der Waals surface area contributed by atoms with Crippen LogP contribution in [0.15, 0.2) is 53.6 Å². The van der Waals surface area contributed by atoms with E-state index in [1.54, 1.807) is 55.9 Å². The third-order valence-corrected chi connectivity index (χ3v) is 5.26. The molecule has 0 fully saturated rings. The topological polar surface area (TPSA) is 54.1 Å². The van der Waals surface area contributed by atoms with E-state index in [0.29, 0.717) is 23.1 Å². The normalized spacial score (nSPS) is 11.6. The number of thioether (sulfide) groups is 1. The summed E-state index contributed by atoms with van der Waals surface area (Å²) < 4.78 is 19.0. The van der Waals surface area contributed by atoms with E-state index in [0.717, 1.165) is 15.8 Å². The highest BCUT2D eigenvalue weighted by atomic mass is 35.5. The number of rotatable bonds is 7. The Kier molecular flexibility index (Phi) is 5.97. The highest BCUT2D eigenvalue weighted by Crippen LogP contribution is 2.28. The molecule has 7 heteroatoms. The molecule has 142 valence electrons. The van der Waals surface area contributed by atoms with Crippen molar-refractivity contribution in [3.8, 4) is 5.75 Å². The molecule has 1 amide bonds. The quantitative estimate of drug-likeness (QED) is 0.427. The molecule has 0 aliphatic carbocycles. The Labute approximate surface area is 166 Å². The monoisotopic (exact) mass is 406 g/mol. The Morgan fingerprint density at radius 2 is 2.11 bits per heavy atom. The zero-order valence-electron chi connectivity index (χ0n) is 15.0. The van der Waals surface area contributed by atoms with Crippen molar-refractivity contribution in [1.82, 2.24) is 10.3 Å². The number of hydrogen-bond acceptors (Lipinski definition) is 3. The second-order valence-corrected chi connectivity index (χ2v) is 8.09. The first-order valence-corrected chi connectivity index (χ1v) is 9.84. The van der Waals surface area contributed by atoms with Crippen LogP contribution in [0.25, 0.3) is 10.9 Å². The molecule has 0 unspecified atom stereocenters. The van der Waals surface area contributed by atoms with Gasteiger partial charge in [0.15, 0.2) is 5.60 Å². The van der Waals surface area contributed by atoms with Crippen LogP contribution in [-0.2, 0) is 4.79 Å². The number of amides is 1. The molecule has 2 N–H and O–H groups in total. The van der Waals surface area contributed by atoms with E-state index in [9.17, 15) is 9.18 Å². The molecular formula is C20H20ClFN2O2S. The van der Waals surface area contributed by atoms with Gasteiger partial charge in [0.25, 0.3) is 5.91 Å². The summed E-state index contributed by atoms with van der Waals surface area (Å²) in [7, 11) is 0. The molecule has 0 aliphatic heterocycles. The lowest BCUT2D eigenvalue weighted by Crippen LogP contribution is -2.47. The van der Waals surface area contributed by atoms with Crippen molar-refractivity contribution in [2.75, 3.05) is 12.3 Å². The number of H-pyrrole nitrogens is 1. The number of halogens is 2. The van der Waals surface area contributed by atoms with Crippen LogP contribution in [0.3, 0.4) is 0 Å². The fourth-order valence-electron chi connectivity index (χ4n) is 2.60. The van der Waals surface area contributed by atoms with Crippen molar-refractivity contribution in [2.45, 2.75) is 24.3 Å². The van der Waals surface area contributed by atoms with Crippen LogP contribution < -0.4 is 10.1 Å². The van der Waals surface area contributed by atoms with Gasteiger partial charge in [-0.25, -0.2) is 4.39 Å². The summed E-state index contributed by atoms with van der Waals surface area (Å²) in [6.07, 6.45) is 1.85. The molecule has 0 spiro atoms. The van der Waals surface area contributed by atoms with E-state index in [-0.39, 0.29) is 11.7 Å². The second-order valence-electron chi connectivity index (χ2n) is 6.52. The van der Waals surface area contributed by atoms with Gasteiger partial charge in [0.05, 0.1) is 0 Å². The van der Waals surface area contributed by atoms with Crippen LogP contribution in [0.2, 0.25) is 5.02 Å². The SMILES string of the molecule is CC(C)(Oc1cccc(Cl)c1)C(=O)NCCSc1c[nH]c2cc(F)ccc12. The molecular weight excluding hydrogens is 387 g/mol. The Bertz CT molecular complexity index is 958. The molecule has 0 saturated heterocycles. The van der Waals surface area contributed by atoms with Gasteiger partial charge in [0.1, 0.15) is 11.6 Å². The molecule has 1 aromatic heterocycles. The fourth-order valence-corrected chi connectivity index (χ4v) is 3.68. The van der Waals surface area contributed by atoms with Crippen LogP contribution in [0.5, 0.6) is 5.75 Å². The Balaban J connectivity index is 1.51. The third kappa shape index (κ3) is 4.96. The third-order valence-electron chi connectivity index (χ3n) is 3.97. The maximum absolute atomic E-state index is 13.2. The van der Waals surface area contributed by atoms with Crippen molar-refractivity contribution in [1.29, 1.82) is 0 Å². The minimum atomic E-state index is -1.02. The van der Waals surface area contributed by atoms with E-state index < -0.39 is 5.60 Å². The van der Waals surface area contributed by atoms with Crippen LogP contribution >= 0.6 is 23.4 Å². The summed E-state index contributed by atoms with van der Waals surface area (Å²) in [5.41, 5.74) is -0.259. The van der Waals surface area contributed by atoms with Crippen molar-refractivity contribution < 1.29 is 13.9 Å². The average Bonchev–Trinajstić information content (AvgIpc) is 3.00. The summed E-state index contributed by atoms with van der Waals surface area (Å²) in [6, 6.07) is 11.6. The van der Waals surface area contributed by atoms with Crippen LogP contribution in [0.1, 0.15) is 13.8 Å². The fraction of sp³-hybridized carbons (Fsp3) is 0.250. The van der Waals surface area contributed by atoms with Gasteiger partial charge in [-0.1, -0.05) is 17.7 Å². The second kappa shape index (κ2) is 8.23. The number of fused-ring (bicyclic) bond motifs is 1. The lowest BCUT2D eigenvalue weighted by atomic mass is 10.1. The Morgan fingerprint density at radius 1 is 1.30 bits per heavy atom. The van der Waals surface area contributed by atoms with Gasteiger partial charge in [-0.15, -0.1) is 11.8 Å². The molecule has 0 aliphatic rings. The highest BCUT2D eigenvalue weighted by Gasteiger charge is 2.29. The van der Waals surface area contributed by atoms with Crippen molar-refractivity contribution in [2.24, 2.45) is 0 Å². The average molecular weight is 407 g/mol. The Hall–Kier alpha value is -2.18. The molecule has 0 atom stereocenters. The molecule has 1 heterocycles. The lowest BCUT2D eigenvalue weighted by molar-refractivity contribution is -0.134. The molecule has 0 bridgehead atoms. The van der Waals surface area contributed by atoms with Gasteiger partial charge in [-0.05, 0) is 50.2 Å². The van der Waals surface area contributed by atoms with Crippen molar-refractivity contribution >= 4 is 40.2 Å². The zero-order chi connectivity index (χ0) is 19.4. The Morgan fingerprint density at radius 3 is 2.89 bits per heavy atom. The molecule has 2 aromatic carbocycles. The first-order chi connectivity index (χ1) is 12.8. The van der Waals surface area contributed by atoms with Crippen LogP contribution in [-0.4, -0.2) is 28.8 Å². The summed E-state index contributed by atoms with van der Waals surface area (Å²) >= 11 is 7.54. The van der Waals surface area contributed by atoms with Gasteiger partial charge in [-0.2, -0.15) is 0 Å². The van der Waals surface area contributed by atoms with Gasteiger partial charge < -0.3 is 15.0 Å². The number of aromatic nitrogens is 1. The van der Waals surface area contributed by atoms with Crippen LogP contribution in [0, 0.1) is 5.82 Å². The minimum absolute atomic E-state index is 0.205. The lowest BCUT2D eigenvalue weighted by Gasteiger charge is -2.25. The van der Waals surface area contributed by atoms with Crippen LogP contribution in [0.4, 0.5) is 4.39 Å². The minimum Gasteiger partial charge on any atom is -0.478 e. The van der Waals surface area contributed by atoms with E-state index in [4.69, 9.17) is 16.3 Å². The molecule has 3 aromatic rings. The maximum atomic E-state index is 13.2. The van der Waals surface area contributed by atoms with E-state index >= 15 is 0 Å². The number of benzene rings is 2. The number of carbonyl (C=O) groups excluding carboxylic acids is 1. The summed E-state index contributed by atoms with van der Waals surface area (Å²) in [4.78, 5) is 16.5. The van der Waals surface area contributed by atoms with Crippen molar-refractivity contribution in [3.05, 3.63) is 59.5 Å². The number of carbonyl (C=O) groups is 1. The molecule has 0 saturated carbocycles. The summed E-state index contributed by atoms with van der Waals surface area (Å²) in [5, 5.41) is 4.41. The molecule has 27 heavy (non-hydrogen) atoms. The zero-order valence-corrected chi connectivity index (χ0v) is 16.6. The van der Waals surface area contributed by atoms with E-state index in [2.05, 4.69) is 10.3 Å². The largest absolute Gasteiger partial charge is 0.478 e. The van der Waals surface area contributed by atoms with E-state index in [1.165, 1.54) is 12.1 Å². The van der Waals surface area contributed by atoms with Crippen molar-refractivity contribution in [3.63, 3.8) is 0 Å². The first-order valence-electron chi connectivity index (χ1n) is 8.47. The van der Waals surface area contributed by atoms with Gasteiger partial charge in [0, 0.05) is 39.3 Å². The predicted octanol–water partition coefficient (Wildman–Crippen LogP) is 5.03. The summed E-state index contributed by atoms with van der Waals surface area (Å²) in [5.74, 6) is 0.755. The number of hydrogen-bond donors (Lipinski definition) is 2. The number of ether oxygens (including phenoxy) is 1. The standard InChI is InChI=1S/C20H20ClFN2O2S/c1-20(2,26-15-5-3-4-13(21)10-15)19(25)23-8-9-27-18-12-24-17-11-14(22)6-7-16(17)18/h3-7,10-12,24H,8-9H2,1-2H3,(H,23,25). The highest BCUT2D eigenvalue weighted by molar-refractivity contribution is 7.99. The van der Waals surface area contributed by atoms with Gasteiger partial charge in [0.2, 0.25) is 0 Å². The van der Waals surface area contributed by atoms with E-state index in [1.807, 2.05) is 6.20 Å². The molecule has 3 rings (SSSR count). The maximum Gasteiger partial charge on any atom is 0.263 e. The van der Waals surface area contributed by atoms with Gasteiger partial charge in [-0.3, -0.25) is 4.79 Å². The smallest absolute Gasteiger partial charge is 0.263 e. The summed E-state index contributed by atoms with van der Waals surface area (Å²) in [6.45, 7) is 3.91. The molecule has 4 nitrogen and oxygen atoms in total.